The summed E-state index contributed by atoms with van der Waals surface area (Å²) in [6.45, 7) is 7.55. The van der Waals surface area contributed by atoms with Gasteiger partial charge in [-0.2, -0.15) is 0 Å². The summed E-state index contributed by atoms with van der Waals surface area (Å²) in [5, 5.41) is 23.9. The molecule has 0 spiro atoms. The van der Waals surface area contributed by atoms with Gasteiger partial charge in [0.05, 0.1) is 12.5 Å². The number of carboxylic acid groups (broad SMARTS) is 1. The monoisotopic (exact) mass is 519 g/mol. The van der Waals surface area contributed by atoms with E-state index in [1.54, 1.807) is 57.2 Å². The molecule has 0 radical (unpaired) electrons. The summed E-state index contributed by atoms with van der Waals surface area (Å²) in [7, 11) is 0. The highest BCUT2D eigenvalue weighted by Crippen LogP contribution is 2.41. The van der Waals surface area contributed by atoms with E-state index in [2.05, 4.69) is 5.32 Å². The average molecular weight is 520 g/mol. The summed E-state index contributed by atoms with van der Waals surface area (Å²) in [5.41, 5.74) is 1.01. The van der Waals surface area contributed by atoms with Gasteiger partial charge < -0.3 is 29.7 Å². The van der Waals surface area contributed by atoms with Crippen LogP contribution in [0.4, 0.5) is 0 Å². The number of benzene rings is 2. The first-order chi connectivity index (χ1) is 16.8. The summed E-state index contributed by atoms with van der Waals surface area (Å²) in [5.74, 6) is -6.79. The van der Waals surface area contributed by atoms with Crippen molar-refractivity contribution in [3.63, 3.8) is 0 Å². The number of carboxylic acids is 1. The van der Waals surface area contributed by atoms with Crippen molar-refractivity contribution in [3.05, 3.63) is 58.6 Å². The van der Waals surface area contributed by atoms with Crippen molar-refractivity contribution in [1.29, 1.82) is 0 Å². The zero-order chi connectivity index (χ0) is 26.7. The maximum Gasteiger partial charge on any atom is 0.453 e. The van der Waals surface area contributed by atoms with Gasteiger partial charge in [0.25, 0.3) is 0 Å². The molecule has 0 aliphatic carbocycles. The summed E-state index contributed by atoms with van der Waals surface area (Å²) in [4.78, 5) is 36.6. The van der Waals surface area contributed by atoms with Gasteiger partial charge in [-0.1, -0.05) is 50.6 Å². The summed E-state index contributed by atoms with van der Waals surface area (Å²) < 4.78 is 15.5. The van der Waals surface area contributed by atoms with Crippen LogP contribution in [0, 0.1) is 5.41 Å². The summed E-state index contributed by atoms with van der Waals surface area (Å²) >= 11 is 5.98. The molecular weight excluding hydrogens is 490 g/mol. The Morgan fingerprint density at radius 1 is 1.11 bits per heavy atom. The van der Waals surface area contributed by atoms with Crippen molar-refractivity contribution in [1.82, 2.24) is 5.32 Å². The number of hydrogen-bond acceptors (Lipinski definition) is 8. The van der Waals surface area contributed by atoms with Crippen molar-refractivity contribution in [3.8, 4) is 11.5 Å². The highest BCUT2D eigenvalue weighted by molar-refractivity contribution is 6.30. The van der Waals surface area contributed by atoms with Crippen LogP contribution < -0.4 is 14.8 Å². The minimum absolute atomic E-state index is 0.0401. The maximum atomic E-state index is 12.6. The minimum Gasteiger partial charge on any atom is -0.475 e. The van der Waals surface area contributed by atoms with Gasteiger partial charge in [0, 0.05) is 17.6 Å². The summed E-state index contributed by atoms with van der Waals surface area (Å²) in [6, 6.07) is 11.7. The third-order valence-corrected chi connectivity index (χ3v) is 5.62. The van der Waals surface area contributed by atoms with Gasteiger partial charge in [-0.3, -0.25) is 4.79 Å². The number of hydrogen-bond donors (Lipinski definition) is 3. The van der Waals surface area contributed by atoms with Crippen LogP contribution in [0.2, 0.25) is 5.02 Å². The molecule has 0 fully saturated rings. The zero-order valence-electron chi connectivity index (χ0n) is 20.5. The molecule has 2 aromatic rings. The first-order valence-electron chi connectivity index (χ1n) is 11.5. The van der Waals surface area contributed by atoms with Crippen LogP contribution in [0.3, 0.4) is 0 Å². The van der Waals surface area contributed by atoms with Gasteiger partial charge in [0.2, 0.25) is 0 Å². The third-order valence-electron chi connectivity index (χ3n) is 5.38. The molecule has 3 rings (SSSR count). The van der Waals surface area contributed by atoms with Crippen molar-refractivity contribution < 1.29 is 38.8 Å². The number of carbonyl (C=O) groups is 3. The van der Waals surface area contributed by atoms with Crippen LogP contribution >= 0.6 is 11.6 Å². The molecule has 10 heteroatoms. The van der Waals surface area contributed by atoms with E-state index in [4.69, 9.17) is 25.8 Å². The lowest BCUT2D eigenvalue weighted by Gasteiger charge is -2.21. The van der Waals surface area contributed by atoms with Crippen LogP contribution in [0.1, 0.15) is 51.3 Å². The quantitative estimate of drug-likeness (QED) is 0.335. The molecule has 3 N–H and O–H groups in total. The van der Waals surface area contributed by atoms with Crippen molar-refractivity contribution in [2.75, 3.05) is 6.54 Å². The van der Waals surface area contributed by atoms with Gasteiger partial charge in [-0.25, -0.2) is 9.59 Å². The highest BCUT2D eigenvalue weighted by atomic mass is 35.5. The van der Waals surface area contributed by atoms with E-state index < -0.39 is 35.2 Å². The van der Waals surface area contributed by atoms with E-state index in [0.717, 1.165) is 5.56 Å². The van der Waals surface area contributed by atoms with Crippen LogP contribution in [-0.2, 0) is 25.5 Å². The van der Waals surface area contributed by atoms with E-state index in [-0.39, 0.29) is 24.0 Å². The van der Waals surface area contributed by atoms with Crippen molar-refractivity contribution in [2.45, 2.75) is 58.5 Å². The number of esters is 2. The van der Waals surface area contributed by atoms with Crippen LogP contribution in [0.25, 0.3) is 0 Å². The third kappa shape index (κ3) is 6.75. The largest absolute Gasteiger partial charge is 0.475 e. The number of carbonyl (C=O) groups excluding carboxylic acids is 2. The second-order valence-electron chi connectivity index (χ2n) is 9.99. The van der Waals surface area contributed by atoms with E-state index >= 15 is 0 Å². The molecule has 1 aliphatic heterocycles. The molecule has 9 nitrogen and oxygen atoms in total. The Morgan fingerprint density at radius 2 is 1.81 bits per heavy atom. The molecule has 0 saturated heterocycles. The molecular formula is C26H30ClNO8. The first kappa shape index (κ1) is 27.4. The Labute approximate surface area is 214 Å². The zero-order valence-corrected chi connectivity index (χ0v) is 21.3. The number of fused-ring (bicyclic) bond motifs is 1. The molecule has 0 amide bonds. The SMILES string of the molecule is C[C@H](Cc1ccc2c(c1)OC(C(=O)O)(C(=O)OC(=O)CC(C)(C)C)O2)NC[C@H](O)c1cccc(Cl)c1. The van der Waals surface area contributed by atoms with Gasteiger partial charge in [0.15, 0.2) is 11.5 Å². The number of aliphatic carboxylic acids is 1. The Hall–Kier alpha value is -3.14. The van der Waals surface area contributed by atoms with Gasteiger partial charge in [0.1, 0.15) is 0 Å². The van der Waals surface area contributed by atoms with Gasteiger partial charge in [-0.05, 0) is 54.2 Å². The number of aliphatic hydroxyl groups excluding tert-OH is 1. The number of ether oxygens (including phenoxy) is 3. The molecule has 0 saturated carbocycles. The fourth-order valence-corrected chi connectivity index (χ4v) is 3.84. The van der Waals surface area contributed by atoms with E-state index in [0.29, 0.717) is 23.6 Å². The number of nitrogens with one attached hydrogen (secondary N) is 1. The second kappa shape index (κ2) is 10.9. The highest BCUT2D eigenvalue weighted by Gasteiger charge is 2.59. The lowest BCUT2D eigenvalue weighted by molar-refractivity contribution is -0.200. The van der Waals surface area contributed by atoms with Crippen LogP contribution in [0.5, 0.6) is 11.5 Å². The molecule has 36 heavy (non-hydrogen) atoms. The predicted molar refractivity (Wildman–Crippen MR) is 131 cm³/mol. The maximum absolute atomic E-state index is 12.6. The summed E-state index contributed by atoms with van der Waals surface area (Å²) in [6.07, 6.45) is -0.332. The average Bonchev–Trinajstić information content (AvgIpc) is 3.16. The molecule has 3 atom stereocenters. The number of halogens is 1. The fourth-order valence-electron chi connectivity index (χ4n) is 3.64. The van der Waals surface area contributed by atoms with E-state index in [1.807, 2.05) is 6.92 Å². The number of aliphatic hydroxyl groups is 1. The number of rotatable bonds is 9. The van der Waals surface area contributed by atoms with Crippen molar-refractivity contribution in [2.24, 2.45) is 5.41 Å². The Kier molecular flexibility index (Phi) is 8.28. The smallest absolute Gasteiger partial charge is 0.453 e. The predicted octanol–water partition coefficient (Wildman–Crippen LogP) is 3.65. The van der Waals surface area contributed by atoms with Gasteiger partial charge in [-0.15, -0.1) is 0 Å². The molecule has 0 aromatic heterocycles. The fraction of sp³-hybridized carbons (Fsp3) is 0.423. The van der Waals surface area contributed by atoms with Crippen LogP contribution in [0.15, 0.2) is 42.5 Å². The lowest BCUT2D eigenvalue weighted by Crippen LogP contribution is -2.55. The minimum atomic E-state index is -2.81. The molecule has 1 heterocycles. The normalized spacial score (nSPS) is 18.4. The second-order valence-corrected chi connectivity index (χ2v) is 10.4. The molecule has 0 bridgehead atoms. The van der Waals surface area contributed by atoms with Crippen molar-refractivity contribution >= 4 is 29.5 Å². The van der Waals surface area contributed by atoms with Crippen LogP contribution in [-0.4, -0.2) is 46.5 Å². The topological polar surface area (TPSA) is 131 Å². The molecule has 2 aromatic carbocycles. The lowest BCUT2D eigenvalue weighted by atomic mass is 9.92. The molecule has 1 unspecified atom stereocenters. The standard InChI is InChI=1S/C26H30ClNO8/c1-15(28-14-19(29)17-6-5-7-18(27)12-17)10-16-8-9-20-21(11-16)36-26(35-20,23(31)32)24(33)34-22(30)13-25(2,3)4/h5-9,11-12,15,19,28-29H,10,13-14H2,1-4H3,(H,31,32)/t15-,19+,26?/m1/s1. The Bertz CT molecular complexity index is 1150. The first-order valence-corrected chi connectivity index (χ1v) is 11.8. The molecule has 194 valence electrons. The molecule has 1 aliphatic rings. The van der Waals surface area contributed by atoms with Gasteiger partial charge >= 0.3 is 23.7 Å². The van der Waals surface area contributed by atoms with E-state index in [9.17, 15) is 24.6 Å². The Morgan fingerprint density at radius 3 is 2.44 bits per heavy atom. The van der Waals surface area contributed by atoms with E-state index in [1.165, 1.54) is 6.07 Å². The Balaban J connectivity index is 1.63.